The van der Waals surface area contributed by atoms with E-state index in [1.807, 2.05) is 24.3 Å². The van der Waals surface area contributed by atoms with Crippen LogP contribution in [0.1, 0.15) is 16.9 Å². The molecule has 0 aliphatic heterocycles. The molecular weight excluding hydrogens is 300 g/mol. The molecule has 0 fully saturated rings. The van der Waals surface area contributed by atoms with E-state index in [9.17, 15) is 9.59 Å². The third-order valence-corrected chi connectivity index (χ3v) is 3.78. The van der Waals surface area contributed by atoms with Gasteiger partial charge < -0.3 is 15.6 Å². The number of benzene rings is 1. The molecule has 7 heteroatoms. The summed E-state index contributed by atoms with van der Waals surface area (Å²) in [6.07, 6.45) is 1.82. The molecule has 0 aliphatic carbocycles. The number of hydrogen-bond donors (Lipinski definition) is 3. The third kappa shape index (κ3) is 3.32. The molecule has 0 spiro atoms. The summed E-state index contributed by atoms with van der Waals surface area (Å²) in [6, 6.07) is 9.46. The summed E-state index contributed by atoms with van der Waals surface area (Å²) < 4.78 is 0. The number of H-pyrrole nitrogens is 1. The van der Waals surface area contributed by atoms with Gasteiger partial charge in [0.15, 0.2) is 5.13 Å². The Hall–Kier alpha value is -2.67. The van der Waals surface area contributed by atoms with Crippen molar-refractivity contribution in [3.05, 3.63) is 47.6 Å². The molecule has 6 nitrogen and oxygen atoms in total. The highest BCUT2D eigenvalue weighted by molar-refractivity contribution is 7.13. The van der Waals surface area contributed by atoms with Crippen LogP contribution in [0, 0.1) is 0 Å². The van der Waals surface area contributed by atoms with Gasteiger partial charge in [-0.15, -0.1) is 11.3 Å². The van der Waals surface area contributed by atoms with Crippen LogP contribution >= 0.6 is 11.3 Å². The van der Waals surface area contributed by atoms with Gasteiger partial charge >= 0.3 is 0 Å². The normalized spacial score (nSPS) is 10.5. The van der Waals surface area contributed by atoms with Gasteiger partial charge in [-0.3, -0.25) is 9.59 Å². The van der Waals surface area contributed by atoms with Crippen molar-refractivity contribution in [2.45, 2.75) is 6.42 Å². The van der Waals surface area contributed by atoms with Crippen molar-refractivity contribution in [1.82, 2.24) is 15.3 Å². The van der Waals surface area contributed by atoms with Gasteiger partial charge in [-0.05, 0) is 12.1 Å². The predicted molar refractivity (Wildman–Crippen MR) is 86.0 cm³/mol. The zero-order valence-electron chi connectivity index (χ0n) is 11.6. The van der Waals surface area contributed by atoms with Crippen LogP contribution < -0.4 is 10.6 Å². The summed E-state index contributed by atoms with van der Waals surface area (Å²) in [4.78, 5) is 30.7. The maximum atomic E-state index is 12.0. The van der Waals surface area contributed by atoms with Gasteiger partial charge in [0, 0.05) is 35.4 Å². The lowest BCUT2D eigenvalue weighted by Crippen LogP contribution is -2.27. The molecular formula is C15H14N4O2S. The number of carbonyl (C=O) groups is 2. The van der Waals surface area contributed by atoms with E-state index >= 15 is 0 Å². The molecule has 3 aromatic rings. The SMILES string of the molecule is O=C(CCNC(=O)c1cc2ccccc2[nH]1)Nc1nccs1. The number of thiazole rings is 1. The number of aromatic amines is 1. The molecule has 2 aromatic heterocycles. The molecule has 0 saturated carbocycles. The van der Waals surface area contributed by atoms with E-state index in [1.165, 1.54) is 11.3 Å². The van der Waals surface area contributed by atoms with Crippen LogP contribution in [0.2, 0.25) is 0 Å². The number of aromatic nitrogens is 2. The minimum atomic E-state index is -0.224. The Morgan fingerprint density at radius 1 is 1.27 bits per heavy atom. The molecule has 112 valence electrons. The van der Waals surface area contributed by atoms with E-state index in [0.29, 0.717) is 10.8 Å². The quantitative estimate of drug-likeness (QED) is 0.676. The highest BCUT2D eigenvalue weighted by Gasteiger charge is 2.10. The topological polar surface area (TPSA) is 86.9 Å². The Labute approximate surface area is 130 Å². The summed E-state index contributed by atoms with van der Waals surface area (Å²) in [6.45, 7) is 0.269. The average molecular weight is 314 g/mol. The molecule has 0 bridgehead atoms. The highest BCUT2D eigenvalue weighted by atomic mass is 32.1. The maximum Gasteiger partial charge on any atom is 0.267 e. The molecule has 0 radical (unpaired) electrons. The minimum Gasteiger partial charge on any atom is -0.351 e. The molecule has 3 N–H and O–H groups in total. The smallest absolute Gasteiger partial charge is 0.267 e. The summed E-state index contributed by atoms with van der Waals surface area (Å²) in [5, 5.41) is 8.72. The number of fused-ring (bicyclic) bond motifs is 1. The fourth-order valence-corrected chi connectivity index (χ4v) is 2.59. The third-order valence-electron chi connectivity index (χ3n) is 3.09. The van der Waals surface area contributed by atoms with Crippen LogP contribution in [-0.2, 0) is 4.79 Å². The van der Waals surface area contributed by atoms with Crippen molar-refractivity contribution in [3.63, 3.8) is 0 Å². The van der Waals surface area contributed by atoms with Crippen molar-refractivity contribution < 1.29 is 9.59 Å². The molecule has 0 unspecified atom stereocenters. The number of anilines is 1. The Kier molecular flexibility index (Phi) is 4.15. The number of hydrogen-bond acceptors (Lipinski definition) is 4. The first-order valence-electron chi connectivity index (χ1n) is 6.78. The van der Waals surface area contributed by atoms with Crippen LogP contribution in [0.5, 0.6) is 0 Å². The molecule has 0 saturated heterocycles. The van der Waals surface area contributed by atoms with Crippen molar-refractivity contribution in [1.29, 1.82) is 0 Å². The predicted octanol–water partition coefficient (Wildman–Crippen LogP) is 2.38. The van der Waals surface area contributed by atoms with E-state index in [2.05, 4.69) is 20.6 Å². The summed E-state index contributed by atoms with van der Waals surface area (Å²) >= 11 is 1.35. The first-order chi connectivity index (χ1) is 10.7. The van der Waals surface area contributed by atoms with Gasteiger partial charge in [0.05, 0.1) is 0 Å². The molecule has 0 aliphatic rings. The van der Waals surface area contributed by atoms with Crippen LogP contribution in [-0.4, -0.2) is 28.3 Å². The Morgan fingerprint density at radius 3 is 2.91 bits per heavy atom. The molecule has 22 heavy (non-hydrogen) atoms. The fourth-order valence-electron chi connectivity index (χ4n) is 2.05. The molecule has 1 aromatic carbocycles. The second-order valence-electron chi connectivity index (χ2n) is 4.66. The van der Waals surface area contributed by atoms with Gasteiger partial charge in [0.2, 0.25) is 5.91 Å². The number of rotatable bonds is 5. The maximum absolute atomic E-state index is 12.0. The van der Waals surface area contributed by atoms with Crippen LogP contribution in [0.4, 0.5) is 5.13 Å². The number of nitrogens with one attached hydrogen (secondary N) is 3. The zero-order chi connectivity index (χ0) is 15.4. The highest BCUT2D eigenvalue weighted by Crippen LogP contribution is 2.14. The Morgan fingerprint density at radius 2 is 2.14 bits per heavy atom. The molecule has 2 amide bonds. The standard InChI is InChI=1S/C15H14N4O2S/c20-13(19-15-17-7-8-22-15)5-6-16-14(21)12-9-10-3-1-2-4-11(10)18-12/h1-4,7-9,18H,5-6H2,(H,16,21)(H,17,19,20). The minimum absolute atomic E-state index is 0.174. The van der Waals surface area contributed by atoms with Gasteiger partial charge in [-0.25, -0.2) is 4.98 Å². The van der Waals surface area contributed by atoms with E-state index in [-0.39, 0.29) is 24.8 Å². The number of para-hydroxylation sites is 1. The fraction of sp³-hybridized carbons (Fsp3) is 0.133. The molecule has 0 atom stereocenters. The van der Waals surface area contributed by atoms with Gasteiger partial charge in [0.1, 0.15) is 5.69 Å². The first kappa shape index (κ1) is 14.3. The molecule has 3 rings (SSSR count). The van der Waals surface area contributed by atoms with Crippen LogP contribution in [0.3, 0.4) is 0 Å². The van der Waals surface area contributed by atoms with Gasteiger partial charge in [-0.2, -0.15) is 0 Å². The number of amides is 2. The zero-order valence-corrected chi connectivity index (χ0v) is 12.4. The van der Waals surface area contributed by atoms with Crippen molar-refractivity contribution in [3.8, 4) is 0 Å². The van der Waals surface area contributed by atoms with E-state index in [0.717, 1.165) is 10.9 Å². The largest absolute Gasteiger partial charge is 0.351 e. The lowest BCUT2D eigenvalue weighted by molar-refractivity contribution is -0.116. The Bertz CT molecular complexity index is 762. The van der Waals surface area contributed by atoms with E-state index in [1.54, 1.807) is 17.6 Å². The van der Waals surface area contributed by atoms with Crippen molar-refractivity contribution in [2.75, 3.05) is 11.9 Å². The monoisotopic (exact) mass is 314 g/mol. The number of carbonyl (C=O) groups excluding carboxylic acids is 2. The average Bonchev–Trinajstić information content (AvgIpc) is 3.15. The van der Waals surface area contributed by atoms with Crippen LogP contribution in [0.25, 0.3) is 10.9 Å². The second kappa shape index (κ2) is 6.40. The summed E-state index contributed by atoms with van der Waals surface area (Å²) in [5.41, 5.74) is 1.40. The summed E-state index contributed by atoms with van der Waals surface area (Å²) in [7, 11) is 0. The Balaban J connectivity index is 1.50. The first-order valence-corrected chi connectivity index (χ1v) is 7.65. The molecule has 2 heterocycles. The van der Waals surface area contributed by atoms with E-state index in [4.69, 9.17) is 0 Å². The van der Waals surface area contributed by atoms with Crippen molar-refractivity contribution in [2.24, 2.45) is 0 Å². The van der Waals surface area contributed by atoms with Gasteiger partial charge in [0.25, 0.3) is 5.91 Å². The second-order valence-corrected chi connectivity index (χ2v) is 5.56. The number of nitrogens with zero attached hydrogens (tertiary/aromatic N) is 1. The lowest BCUT2D eigenvalue weighted by Gasteiger charge is -2.03. The van der Waals surface area contributed by atoms with Gasteiger partial charge in [-0.1, -0.05) is 18.2 Å². The lowest BCUT2D eigenvalue weighted by atomic mass is 10.2. The van der Waals surface area contributed by atoms with E-state index < -0.39 is 0 Å². The summed E-state index contributed by atoms with van der Waals surface area (Å²) in [5.74, 6) is -0.398. The van der Waals surface area contributed by atoms with Crippen LogP contribution in [0.15, 0.2) is 41.9 Å². The van der Waals surface area contributed by atoms with Crippen molar-refractivity contribution >= 4 is 39.2 Å².